The van der Waals surface area contributed by atoms with Crippen molar-refractivity contribution >= 4 is 15.6 Å². The number of hydrogen-bond donors (Lipinski definition) is 0. The van der Waals surface area contributed by atoms with Gasteiger partial charge in [0.05, 0.1) is 4.90 Å². The number of carbonyl (C=O) groups excluding carboxylic acids is 1. The lowest BCUT2D eigenvalue weighted by Gasteiger charge is -2.27. The molecule has 0 aliphatic heterocycles. The van der Waals surface area contributed by atoms with Crippen LogP contribution in [0.25, 0.3) is 0 Å². The quantitative estimate of drug-likeness (QED) is 0.850. The molecule has 23 heavy (non-hydrogen) atoms. The first-order valence-corrected chi connectivity index (χ1v) is 8.65. The van der Waals surface area contributed by atoms with Gasteiger partial charge in [0.15, 0.2) is 5.82 Å². The fraction of sp³-hybridized carbons (Fsp3) is 0.400. The molecule has 0 N–H and O–H groups in total. The Morgan fingerprint density at radius 1 is 1.30 bits per heavy atom. The second kappa shape index (κ2) is 5.52. The summed E-state index contributed by atoms with van der Waals surface area (Å²) in [7, 11) is -4.46. The molecule has 1 saturated carbocycles. The van der Waals surface area contributed by atoms with Crippen LogP contribution in [0.4, 0.5) is 4.39 Å². The number of aromatic nitrogens is 2. The summed E-state index contributed by atoms with van der Waals surface area (Å²) in [4.78, 5) is 15.2. The van der Waals surface area contributed by atoms with Gasteiger partial charge in [0.1, 0.15) is 5.78 Å². The zero-order valence-electron chi connectivity index (χ0n) is 12.4. The van der Waals surface area contributed by atoms with Crippen LogP contribution in [-0.2, 0) is 19.6 Å². The van der Waals surface area contributed by atoms with Crippen LogP contribution in [-0.4, -0.2) is 24.3 Å². The first-order chi connectivity index (χ1) is 10.9. The number of halogens is 1. The summed E-state index contributed by atoms with van der Waals surface area (Å²) < 4.78 is 46.7. The van der Waals surface area contributed by atoms with E-state index < -0.39 is 26.6 Å². The van der Waals surface area contributed by atoms with Crippen molar-refractivity contribution in [2.24, 2.45) is 5.92 Å². The van der Waals surface area contributed by atoms with Crippen molar-refractivity contribution in [3.8, 4) is 0 Å². The van der Waals surface area contributed by atoms with Crippen molar-refractivity contribution in [2.45, 2.75) is 36.1 Å². The number of nitrogens with zero attached hydrogens (tertiary/aromatic N) is 2. The van der Waals surface area contributed by atoms with Gasteiger partial charge in [-0.1, -0.05) is 23.4 Å². The summed E-state index contributed by atoms with van der Waals surface area (Å²) in [6.45, 7) is 1.47. The van der Waals surface area contributed by atoms with Gasteiger partial charge < -0.3 is 4.52 Å². The lowest BCUT2D eigenvalue weighted by molar-refractivity contribution is -0.117. The molecular weight excluding hydrogens is 323 g/mol. The van der Waals surface area contributed by atoms with E-state index in [2.05, 4.69) is 10.1 Å². The molecule has 2 unspecified atom stereocenters. The zero-order chi connectivity index (χ0) is 16.7. The SMILES string of the molecule is Cc1noc(C(F)(C2CCC(=O)C2)S(=O)(=O)c2ccccc2)n1. The van der Waals surface area contributed by atoms with E-state index in [1.54, 1.807) is 6.07 Å². The number of alkyl halides is 1. The van der Waals surface area contributed by atoms with Gasteiger partial charge in [-0.25, -0.2) is 12.8 Å². The van der Waals surface area contributed by atoms with Crippen molar-refractivity contribution < 1.29 is 22.1 Å². The highest BCUT2D eigenvalue weighted by Gasteiger charge is 2.59. The fourth-order valence-electron chi connectivity index (χ4n) is 2.85. The summed E-state index contributed by atoms with van der Waals surface area (Å²) in [5.74, 6) is -1.69. The van der Waals surface area contributed by atoms with Crippen LogP contribution < -0.4 is 0 Å². The first-order valence-electron chi connectivity index (χ1n) is 7.17. The second-order valence-corrected chi connectivity index (χ2v) is 7.66. The number of rotatable bonds is 4. The molecule has 0 amide bonds. The Labute approximate surface area is 132 Å². The van der Waals surface area contributed by atoms with E-state index >= 15 is 4.39 Å². The van der Waals surface area contributed by atoms with Gasteiger partial charge in [0, 0.05) is 18.8 Å². The maximum absolute atomic E-state index is 15.9. The van der Waals surface area contributed by atoms with E-state index in [0.717, 1.165) is 0 Å². The van der Waals surface area contributed by atoms with Crippen molar-refractivity contribution in [1.29, 1.82) is 0 Å². The smallest absolute Gasteiger partial charge is 0.295 e. The molecule has 1 aliphatic rings. The highest BCUT2D eigenvalue weighted by Crippen LogP contribution is 2.48. The molecule has 1 aromatic heterocycles. The minimum Gasteiger partial charge on any atom is -0.335 e. The number of aryl methyl sites for hydroxylation is 1. The monoisotopic (exact) mass is 338 g/mol. The van der Waals surface area contributed by atoms with Crippen LogP contribution in [0.3, 0.4) is 0 Å². The minimum absolute atomic E-state index is 0.128. The van der Waals surface area contributed by atoms with Crippen LogP contribution in [0, 0.1) is 12.8 Å². The molecule has 1 aromatic carbocycles. The predicted octanol–water partition coefficient (Wildman–Crippen LogP) is 2.34. The summed E-state index contributed by atoms with van der Waals surface area (Å²) in [5, 5.41) is 0.590. The van der Waals surface area contributed by atoms with Crippen LogP contribution in [0.2, 0.25) is 0 Å². The Morgan fingerprint density at radius 2 is 2.00 bits per heavy atom. The summed E-state index contributed by atoms with van der Waals surface area (Å²) in [6, 6.07) is 7.26. The maximum atomic E-state index is 15.9. The Morgan fingerprint density at radius 3 is 2.52 bits per heavy atom. The van der Waals surface area contributed by atoms with Gasteiger partial charge >= 0.3 is 0 Å². The third-order valence-corrected chi connectivity index (χ3v) is 6.22. The lowest BCUT2D eigenvalue weighted by atomic mass is 10.0. The number of benzene rings is 1. The Kier molecular flexibility index (Phi) is 3.79. The third-order valence-electron chi connectivity index (χ3n) is 4.03. The summed E-state index contributed by atoms with van der Waals surface area (Å²) in [5.41, 5.74) is 0. The Hall–Kier alpha value is -2.09. The van der Waals surface area contributed by atoms with Crippen molar-refractivity contribution in [2.75, 3.05) is 0 Å². The average Bonchev–Trinajstić information content (AvgIpc) is 3.16. The van der Waals surface area contributed by atoms with Crippen LogP contribution >= 0.6 is 0 Å². The van der Waals surface area contributed by atoms with E-state index in [9.17, 15) is 13.2 Å². The highest BCUT2D eigenvalue weighted by atomic mass is 32.2. The van der Waals surface area contributed by atoms with Gasteiger partial charge in [0.2, 0.25) is 9.84 Å². The van der Waals surface area contributed by atoms with E-state index in [0.29, 0.717) is 0 Å². The summed E-state index contributed by atoms with van der Waals surface area (Å²) >= 11 is 0. The molecule has 2 atom stereocenters. The fourth-order valence-corrected chi connectivity index (χ4v) is 4.66. The molecule has 2 aromatic rings. The normalized spacial score (nSPS) is 21.3. The molecular formula is C15H15FN2O4S. The molecule has 1 heterocycles. The maximum Gasteiger partial charge on any atom is 0.295 e. The Bertz CT molecular complexity index is 834. The van der Waals surface area contributed by atoms with Crippen LogP contribution in [0.5, 0.6) is 0 Å². The molecule has 122 valence electrons. The molecule has 0 spiro atoms. The van der Waals surface area contributed by atoms with E-state index in [-0.39, 0.29) is 35.8 Å². The number of hydrogen-bond acceptors (Lipinski definition) is 6. The zero-order valence-corrected chi connectivity index (χ0v) is 13.2. The highest BCUT2D eigenvalue weighted by molar-refractivity contribution is 7.92. The van der Waals surface area contributed by atoms with E-state index in [1.165, 1.54) is 31.2 Å². The number of Topliss-reactive ketones (excluding diaryl/α,β-unsaturated/α-hetero) is 1. The minimum atomic E-state index is -4.46. The largest absolute Gasteiger partial charge is 0.335 e. The molecule has 6 nitrogen and oxygen atoms in total. The predicted molar refractivity (Wildman–Crippen MR) is 77.8 cm³/mol. The van der Waals surface area contributed by atoms with Crippen molar-refractivity contribution in [3.63, 3.8) is 0 Å². The molecule has 3 rings (SSSR count). The number of sulfone groups is 1. The van der Waals surface area contributed by atoms with Crippen molar-refractivity contribution in [3.05, 3.63) is 42.0 Å². The van der Waals surface area contributed by atoms with Gasteiger partial charge in [-0.2, -0.15) is 4.98 Å². The standard InChI is InChI=1S/C15H15FN2O4S/c1-10-17-14(22-18-10)15(16,11-7-8-12(19)9-11)23(20,21)13-5-3-2-4-6-13/h2-6,11H,7-9H2,1H3. The third kappa shape index (κ3) is 2.46. The second-order valence-electron chi connectivity index (χ2n) is 5.59. The van der Waals surface area contributed by atoms with Crippen LogP contribution in [0.15, 0.2) is 39.8 Å². The van der Waals surface area contributed by atoms with Crippen LogP contribution in [0.1, 0.15) is 31.0 Å². The molecule has 0 radical (unpaired) electrons. The number of carbonyl (C=O) groups is 1. The van der Waals surface area contributed by atoms with E-state index in [4.69, 9.17) is 4.52 Å². The lowest BCUT2D eigenvalue weighted by Crippen LogP contribution is -2.38. The van der Waals surface area contributed by atoms with E-state index in [1.807, 2.05) is 0 Å². The molecule has 0 bridgehead atoms. The molecule has 8 heteroatoms. The van der Waals surface area contributed by atoms with Gasteiger partial charge in [-0.15, -0.1) is 0 Å². The summed E-state index contributed by atoms with van der Waals surface area (Å²) in [6.07, 6.45) is 0.112. The first kappa shape index (κ1) is 15.8. The van der Waals surface area contributed by atoms with Gasteiger partial charge in [-0.3, -0.25) is 4.79 Å². The Balaban J connectivity index is 2.18. The molecule has 0 saturated heterocycles. The molecule has 1 fully saturated rings. The van der Waals surface area contributed by atoms with Crippen molar-refractivity contribution in [1.82, 2.24) is 10.1 Å². The topological polar surface area (TPSA) is 90.1 Å². The van der Waals surface area contributed by atoms with Gasteiger partial charge in [0.25, 0.3) is 10.9 Å². The number of ketones is 1. The molecule has 1 aliphatic carbocycles. The average molecular weight is 338 g/mol. The van der Waals surface area contributed by atoms with Gasteiger partial charge in [-0.05, 0) is 25.5 Å².